The van der Waals surface area contributed by atoms with Crippen LogP contribution in [0.4, 0.5) is 10.6 Å². The molecule has 0 aromatic carbocycles. The largest absolute Gasteiger partial charge is 0.444 e. The summed E-state index contributed by atoms with van der Waals surface area (Å²) in [5.74, 6) is 2.05. The van der Waals surface area contributed by atoms with Gasteiger partial charge in [-0.05, 0) is 69.4 Å². The van der Waals surface area contributed by atoms with Gasteiger partial charge in [0.25, 0.3) is 0 Å². The van der Waals surface area contributed by atoms with Crippen LogP contribution in [0.15, 0.2) is 36.5 Å². The minimum absolute atomic E-state index is 0.363. The normalized spacial score (nSPS) is 21.3. The zero-order valence-corrected chi connectivity index (χ0v) is 18.6. The number of rotatable bonds is 5. The highest BCUT2D eigenvalue weighted by molar-refractivity contribution is 5.67. The molecular weight excluding hydrogens is 392 g/mol. The van der Waals surface area contributed by atoms with Gasteiger partial charge in [0.1, 0.15) is 11.4 Å². The van der Waals surface area contributed by atoms with E-state index in [9.17, 15) is 4.79 Å². The van der Waals surface area contributed by atoms with E-state index in [1.807, 2.05) is 27.0 Å². The summed E-state index contributed by atoms with van der Waals surface area (Å²) in [6.45, 7) is 9.26. The molecule has 3 heterocycles. The molecule has 2 aromatic rings. The van der Waals surface area contributed by atoms with Gasteiger partial charge >= 0.3 is 6.09 Å². The Hall–Kier alpha value is -2.67. The number of hydrogen-bond acceptors (Lipinski definition) is 6. The van der Waals surface area contributed by atoms with E-state index in [2.05, 4.69) is 45.5 Å². The van der Waals surface area contributed by atoms with Crippen LogP contribution in [0.25, 0.3) is 0 Å². The molecule has 1 saturated heterocycles. The highest BCUT2D eigenvalue weighted by Gasteiger charge is 2.33. The van der Waals surface area contributed by atoms with E-state index in [-0.39, 0.29) is 0 Å². The fourth-order valence-electron chi connectivity index (χ4n) is 4.09. The van der Waals surface area contributed by atoms with Gasteiger partial charge < -0.3 is 19.7 Å². The summed E-state index contributed by atoms with van der Waals surface area (Å²) in [4.78, 5) is 23.5. The van der Waals surface area contributed by atoms with Crippen LogP contribution < -0.4 is 10.2 Å². The van der Waals surface area contributed by atoms with Crippen molar-refractivity contribution >= 4 is 11.9 Å². The van der Waals surface area contributed by atoms with Crippen molar-refractivity contribution in [2.24, 2.45) is 0 Å². The van der Waals surface area contributed by atoms with E-state index in [0.717, 1.165) is 50.7 Å². The molecule has 1 saturated carbocycles. The quantitative estimate of drug-likeness (QED) is 0.782. The lowest BCUT2D eigenvalue weighted by molar-refractivity contribution is 0.0523. The number of aromatic nitrogens is 2. The topological polar surface area (TPSA) is 76.6 Å². The Kier molecular flexibility index (Phi) is 6.41. The summed E-state index contributed by atoms with van der Waals surface area (Å²) in [5.41, 5.74) is 2.80. The molecule has 1 aliphatic carbocycles. The first kappa shape index (κ1) is 21.6. The molecular formula is C24H32N4O3. The summed E-state index contributed by atoms with van der Waals surface area (Å²) in [5, 5.41) is 2.78. The predicted molar refractivity (Wildman–Crippen MR) is 119 cm³/mol. The average Bonchev–Trinajstić information content (AvgIpc) is 2.71. The first-order chi connectivity index (χ1) is 14.9. The van der Waals surface area contributed by atoms with Crippen LogP contribution in [0.5, 0.6) is 0 Å². The third-order valence-corrected chi connectivity index (χ3v) is 5.77. The van der Waals surface area contributed by atoms with Crippen LogP contribution in [0, 0.1) is 0 Å². The van der Waals surface area contributed by atoms with Crippen molar-refractivity contribution in [2.75, 3.05) is 31.2 Å². The summed E-state index contributed by atoms with van der Waals surface area (Å²) in [6.07, 6.45) is 3.58. The summed E-state index contributed by atoms with van der Waals surface area (Å²) in [6, 6.07) is 10.5. The van der Waals surface area contributed by atoms with Gasteiger partial charge in [0.05, 0.1) is 25.5 Å². The highest BCUT2D eigenvalue weighted by atomic mass is 16.6. The third kappa shape index (κ3) is 5.73. The van der Waals surface area contributed by atoms with Gasteiger partial charge in [0.2, 0.25) is 0 Å². The maximum atomic E-state index is 11.9. The van der Waals surface area contributed by atoms with Crippen LogP contribution in [-0.2, 0) is 16.0 Å². The summed E-state index contributed by atoms with van der Waals surface area (Å²) >= 11 is 0. The molecule has 31 heavy (non-hydrogen) atoms. The smallest absolute Gasteiger partial charge is 0.407 e. The van der Waals surface area contributed by atoms with Gasteiger partial charge in [-0.1, -0.05) is 6.07 Å². The molecule has 0 spiro atoms. The van der Waals surface area contributed by atoms with Crippen molar-refractivity contribution < 1.29 is 14.3 Å². The van der Waals surface area contributed by atoms with Crippen molar-refractivity contribution in [1.82, 2.24) is 15.3 Å². The third-order valence-electron chi connectivity index (χ3n) is 5.77. The van der Waals surface area contributed by atoms with E-state index < -0.39 is 11.7 Å². The van der Waals surface area contributed by atoms with Crippen LogP contribution >= 0.6 is 0 Å². The minimum Gasteiger partial charge on any atom is -0.444 e. The number of anilines is 1. The first-order valence-corrected chi connectivity index (χ1v) is 11.1. The van der Waals surface area contributed by atoms with Gasteiger partial charge in [-0.2, -0.15) is 0 Å². The maximum absolute atomic E-state index is 11.9. The second-order valence-corrected chi connectivity index (χ2v) is 9.32. The molecule has 166 valence electrons. The lowest BCUT2D eigenvalue weighted by Crippen LogP contribution is -2.37. The zero-order valence-electron chi connectivity index (χ0n) is 18.6. The SMILES string of the molecule is CC(C)(C)OC(=O)NCc1cc(C2CC(c3cccc(N4CCOCC4)n3)C2)ccn1. The van der Waals surface area contributed by atoms with E-state index in [0.29, 0.717) is 18.4 Å². The van der Waals surface area contributed by atoms with E-state index in [4.69, 9.17) is 14.5 Å². The van der Waals surface area contributed by atoms with Crippen molar-refractivity contribution in [2.45, 2.75) is 57.6 Å². The number of carbonyl (C=O) groups is 1. The van der Waals surface area contributed by atoms with Gasteiger partial charge in [-0.25, -0.2) is 9.78 Å². The maximum Gasteiger partial charge on any atom is 0.407 e. The van der Waals surface area contributed by atoms with Crippen molar-refractivity contribution in [3.05, 3.63) is 53.5 Å². The van der Waals surface area contributed by atoms with Gasteiger partial charge in [-0.3, -0.25) is 4.98 Å². The van der Waals surface area contributed by atoms with Crippen molar-refractivity contribution in [3.8, 4) is 0 Å². The Morgan fingerprint density at radius 1 is 1.19 bits per heavy atom. The molecule has 2 fully saturated rings. The number of morpholine rings is 1. The first-order valence-electron chi connectivity index (χ1n) is 11.1. The molecule has 0 bridgehead atoms. The molecule has 4 rings (SSSR count). The number of carbonyl (C=O) groups excluding carboxylic acids is 1. The molecule has 2 aromatic heterocycles. The van der Waals surface area contributed by atoms with Crippen molar-refractivity contribution in [3.63, 3.8) is 0 Å². The number of amides is 1. The van der Waals surface area contributed by atoms with Crippen LogP contribution in [-0.4, -0.2) is 48.0 Å². The Bertz CT molecular complexity index is 900. The van der Waals surface area contributed by atoms with Gasteiger partial charge in [0, 0.05) is 30.9 Å². The molecule has 1 amide bonds. The van der Waals surface area contributed by atoms with Crippen LogP contribution in [0.1, 0.15) is 62.4 Å². The second kappa shape index (κ2) is 9.22. The second-order valence-electron chi connectivity index (χ2n) is 9.32. The lowest BCUT2D eigenvalue weighted by Gasteiger charge is -2.36. The zero-order chi connectivity index (χ0) is 21.8. The molecule has 0 radical (unpaired) electrons. The molecule has 1 N–H and O–H groups in total. The van der Waals surface area contributed by atoms with Gasteiger partial charge in [0.15, 0.2) is 0 Å². The van der Waals surface area contributed by atoms with E-state index >= 15 is 0 Å². The molecule has 7 heteroatoms. The number of nitrogens with one attached hydrogen (secondary N) is 1. The molecule has 7 nitrogen and oxygen atoms in total. The number of ether oxygens (including phenoxy) is 2. The number of hydrogen-bond donors (Lipinski definition) is 1. The number of pyridine rings is 2. The highest BCUT2D eigenvalue weighted by Crippen LogP contribution is 2.47. The Morgan fingerprint density at radius 3 is 2.71 bits per heavy atom. The Balaban J connectivity index is 1.32. The summed E-state index contributed by atoms with van der Waals surface area (Å²) in [7, 11) is 0. The average molecular weight is 425 g/mol. The predicted octanol–water partition coefficient (Wildman–Crippen LogP) is 4.00. The van der Waals surface area contributed by atoms with E-state index in [1.54, 1.807) is 0 Å². The monoisotopic (exact) mass is 424 g/mol. The molecule has 1 aliphatic heterocycles. The molecule has 2 aliphatic rings. The van der Waals surface area contributed by atoms with Crippen LogP contribution in [0.3, 0.4) is 0 Å². The number of alkyl carbamates (subject to hydrolysis) is 1. The fraction of sp³-hybridized carbons (Fsp3) is 0.542. The van der Waals surface area contributed by atoms with E-state index in [1.165, 1.54) is 11.3 Å². The Morgan fingerprint density at radius 2 is 1.97 bits per heavy atom. The standard InChI is InChI=1S/C24H32N4O3/c1-24(2,3)31-23(29)26-16-20-15-17(7-8-25-20)18-13-19(14-18)21-5-4-6-22(27-21)28-9-11-30-12-10-28/h4-8,15,18-19H,9-14,16H2,1-3H3,(H,26,29). The van der Waals surface area contributed by atoms with Gasteiger partial charge in [-0.15, -0.1) is 0 Å². The van der Waals surface area contributed by atoms with Crippen LogP contribution in [0.2, 0.25) is 0 Å². The van der Waals surface area contributed by atoms with Crippen molar-refractivity contribution in [1.29, 1.82) is 0 Å². The Labute approximate surface area is 184 Å². The molecule has 0 atom stereocenters. The minimum atomic E-state index is -0.507. The number of nitrogens with zero attached hydrogens (tertiary/aromatic N) is 3. The lowest BCUT2D eigenvalue weighted by atomic mass is 9.70. The fourth-order valence-corrected chi connectivity index (χ4v) is 4.09. The summed E-state index contributed by atoms with van der Waals surface area (Å²) < 4.78 is 10.7. The molecule has 0 unspecified atom stereocenters.